The first-order valence-electron chi connectivity index (χ1n) is 15.0. The van der Waals surface area contributed by atoms with Crippen LogP contribution in [0, 0.1) is 13.8 Å². The minimum Gasteiger partial charge on any atom is -0.458 e. The molecule has 0 saturated heterocycles. The summed E-state index contributed by atoms with van der Waals surface area (Å²) >= 11 is 4.34. The highest BCUT2D eigenvalue weighted by atomic mass is 32.1. The van der Waals surface area contributed by atoms with Crippen molar-refractivity contribution in [2.45, 2.75) is 104 Å². The average Bonchev–Trinajstić information content (AvgIpc) is 2.89. The highest BCUT2D eigenvalue weighted by molar-refractivity contribution is 7.80. The number of rotatable bonds is 12. The number of nitrogens with one attached hydrogen (secondary N) is 2. The predicted octanol–water partition coefficient (Wildman–Crippen LogP) is 5.48. The summed E-state index contributed by atoms with van der Waals surface area (Å²) in [5.41, 5.74) is 1.69. The molecule has 0 aliphatic carbocycles. The molecule has 2 aromatic carbocycles. The standard InChI is InChI=1S/C34H49N3O6S/c1-10-16-37(30(39)27(21-44)36-32(41)43-34(7,8)9)28(25-18-22(2)17-23(3)19-25)29(38)35-26(31(40)42-33(4,5)6)20-24-14-12-11-13-15-24/h11-15,17-19,26-28,44H,10,16,20-21H2,1-9H3,(H,35,38)(H,36,41). The van der Waals surface area contributed by atoms with Crippen LogP contribution >= 0.6 is 12.6 Å². The molecule has 10 heteroatoms. The van der Waals surface area contributed by atoms with Crippen LogP contribution in [-0.2, 0) is 30.3 Å². The number of thiol groups is 1. The molecule has 0 saturated carbocycles. The van der Waals surface area contributed by atoms with Gasteiger partial charge >= 0.3 is 12.1 Å². The first-order chi connectivity index (χ1) is 20.4. The zero-order valence-electron chi connectivity index (χ0n) is 27.5. The molecule has 0 fully saturated rings. The molecule has 0 spiro atoms. The van der Waals surface area contributed by atoms with E-state index < -0.39 is 53.2 Å². The Bertz CT molecular complexity index is 1270. The van der Waals surface area contributed by atoms with E-state index in [1.54, 1.807) is 41.5 Å². The fraction of sp³-hybridized carbons (Fsp3) is 0.529. The minimum atomic E-state index is -1.11. The van der Waals surface area contributed by atoms with Crippen LogP contribution < -0.4 is 10.6 Å². The molecule has 2 aromatic rings. The molecular weight excluding hydrogens is 578 g/mol. The van der Waals surface area contributed by atoms with E-state index in [0.29, 0.717) is 12.0 Å². The maximum absolute atomic E-state index is 14.3. The number of carbonyl (C=O) groups is 4. The van der Waals surface area contributed by atoms with Crippen molar-refractivity contribution >= 4 is 36.5 Å². The lowest BCUT2D eigenvalue weighted by atomic mass is 9.97. The van der Waals surface area contributed by atoms with Crippen molar-refractivity contribution < 1.29 is 28.7 Å². The minimum absolute atomic E-state index is 0.0198. The molecule has 3 atom stereocenters. The Labute approximate surface area is 267 Å². The lowest BCUT2D eigenvalue weighted by Gasteiger charge is -2.35. The molecule has 0 aliphatic heterocycles. The predicted molar refractivity (Wildman–Crippen MR) is 176 cm³/mol. The van der Waals surface area contributed by atoms with Gasteiger partial charge in [0.25, 0.3) is 0 Å². The number of hydrogen-bond donors (Lipinski definition) is 3. The summed E-state index contributed by atoms with van der Waals surface area (Å²) in [6.07, 6.45) is -0.0324. The quantitative estimate of drug-likeness (QED) is 0.212. The van der Waals surface area contributed by atoms with Crippen LogP contribution in [-0.4, -0.2) is 64.4 Å². The third kappa shape index (κ3) is 11.9. The van der Waals surface area contributed by atoms with E-state index in [4.69, 9.17) is 9.47 Å². The number of ether oxygens (including phenoxy) is 2. The monoisotopic (exact) mass is 627 g/mol. The van der Waals surface area contributed by atoms with Crippen LogP contribution in [0.3, 0.4) is 0 Å². The Morgan fingerprint density at radius 1 is 0.841 bits per heavy atom. The van der Waals surface area contributed by atoms with Gasteiger partial charge in [0.05, 0.1) is 0 Å². The fourth-order valence-corrected chi connectivity index (χ4v) is 5.00. The maximum atomic E-state index is 14.3. The number of carbonyl (C=O) groups excluding carboxylic acids is 4. The molecule has 0 aromatic heterocycles. The second-order valence-corrected chi connectivity index (χ2v) is 13.4. The number of nitrogens with zero attached hydrogens (tertiary/aromatic N) is 1. The molecule has 0 heterocycles. The van der Waals surface area contributed by atoms with Crippen LogP contribution in [0.15, 0.2) is 48.5 Å². The Balaban J connectivity index is 2.57. The van der Waals surface area contributed by atoms with Crippen LogP contribution in [0.4, 0.5) is 4.79 Å². The van der Waals surface area contributed by atoms with E-state index in [0.717, 1.165) is 16.7 Å². The van der Waals surface area contributed by atoms with Gasteiger partial charge in [0.1, 0.15) is 29.3 Å². The molecule has 2 rings (SSSR count). The smallest absolute Gasteiger partial charge is 0.408 e. The largest absolute Gasteiger partial charge is 0.458 e. The zero-order valence-corrected chi connectivity index (χ0v) is 28.4. The van der Waals surface area contributed by atoms with Crippen LogP contribution in [0.1, 0.15) is 83.2 Å². The van der Waals surface area contributed by atoms with E-state index in [-0.39, 0.29) is 18.7 Å². The van der Waals surface area contributed by atoms with Gasteiger partial charge in [-0.15, -0.1) is 0 Å². The molecule has 2 N–H and O–H groups in total. The summed E-state index contributed by atoms with van der Waals surface area (Å²) in [5, 5.41) is 5.52. The number of esters is 1. The Hall–Kier alpha value is -3.53. The summed E-state index contributed by atoms with van der Waals surface area (Å²) in [7, 11) is 0. The van der Waals surface area contributed by atoms with E-state index in [9.17, 15) is 19.2 Å². The molecule has 0 bridgehead atoms. The van der Waals surface area contributed by atoms with Gasteiger partial charge in [0, 0.05) is 18.7 Å². The van der Waals surface area contributed by atoms with Crippen molar-refractivity contribution in [1.82, 2.24) is 15.5 Å². The van der Waals surface area contributed by atoms with Gasteiger partial charge in [0.15, 0.2) is 0 Å². The molecular formula is C34H49N3O6S. The van der Waals surface area contributed by atoms with Crippen molar-refractivity contribution in [2.75, 3.05) is 12.3 Å². The van der Waals surface area contributed by atoms with Crippen LogP contribution in [0.2, 0.25) is 0 Å². The molecule has 242 valence electrons. The van der Waals surface area contributed by atoms with Gasteiger partial charge in [-0.05, 0) is 72.9 Å². The molecule has 0 aliphatic rings. The summed E-state index contributed by atoms with van der Waals surface area (Å²) in [6.45, 7) is 16.4. The second kappa shape index (κ2) is 16.0. The highest BCUT2D eigenvalue weighted by Crippen LogP contribution is 2.26. The number of alkyl carbamates (subject to hydrolysis) is 1. The topological polar surface area (TPSA) is 114 Å². The zero-order chi connectivity index (χ0) is 33.2. The van der Waals surface area contributed by atoms with E-state index >= 15 is 0 Å². The number of amides is 3. The first-order valence-corrected chi connectivity index (χ1v) is 15.6. The normalized spacial score (nSPS) is 13.7. The Morgan fingerprint density at radius 2 is 1.41 bits per heavy atom. The Morgan fingerprint density at radius 3 is 1.91 bits per heavy atom. The molecule has 9 nitrogen and oxygen atoms in total. The number of hydrogen-bond acceptors (Lipinski definition) is 7. The molecule has 3 amide bonds. The summed E-state index contributed by atoms with van der Waals surface area (Å²) in [4.78, 5) is 55.9. The van der Waals surface area contributed by atoms with E-state index in [1.165, 1.54) is 4.90 Å². The lowest BCUT2D eigenvalue weighted by Crippen LogP contribution is -2.55. The van der Waals surface area contributed by atoms with Gasteiger partial charge in [-0.2, -0.15) is 12.6 Å². The van der Waals surface area contributed by atoms with Gasteiger partial charge < -0.3 is 25.0 Å². The van der Waals surface area contributed by atoms with Gasteiger partial charge in [-0.25, -0.2) is 9.59 Å². The molecule has 0 radical (unpaired) electrons. The van der Waals surface area contributed by atoms with E-state index in [2.05, 4.69) is 23.3 Å². The SMILES string of the molecule is CCCN(C(=O)C(CS)NC(=O)OC(C)(C)C)C(C(=O)NC(Cc1ccccc1)C(=O)OC(C)(C)C)c1cc(C)cc(C)c1. The van der Waals surface area contributed by atoms with Crippen molar-refractivity contribution in [3.63, 3.8) is 0 Å². The van der Waals surface area contributed by atoms with Crippen molar-refractivity contribution in [1.29, 1.82) is 0 Å². The third-order valence-electron chi connectivity index (χ3n) is 6.33. The summed E-state index contributed by atoms with van der Waals surface area (Å²) < 4.78 is 11.1. The summed E-state index contributed by atoms with van der Waals surface area (Å²) in [5.74, 6) is -1.64. The van der Waals surface area contributed by atoms with Crippen LogP contribution in [0.5, 0.6) is 0 Å². The van der Waals surface area contributed by atoms with Crippen molar-refractivity contribution in [2.24, 2.45) is 0 Å². The number of benzene rings is 2. The molecule has 3 unspecified atom stereocenters. The van der Waals surface area contributed by atoms with Crippen molar-refractivity contribution in [3.8, 4) is 0 Å². The number of aryl methyl sites for hydroxylation is 2. The van der Waals surface area contributed by atoms with Gasteiger partial charge in [-0.3, -0.25) is 9.59 Å². The van der Waals surface area contributed by atoms with E-state index in [1.807, 2.05) is 69.3 Å². The lowest BCUT2D eigenvalue weighted by molar-refractivity contribution is -0.159. The Kier molecular flexibility index (Phi) is 13.3. The van der Waals surface area contributed by atoms with Gasteiger partial charge in [-0.1, -0.05) is 66.6 Å². The second-order valence-electron chi connectivity index (χ2n) is 13.0. The van der Waals surface area contributed by atoms with Gasteiger partial charge in [0.2, 0.25) is 11.8 Å². The highest BCUT2D eigenvalue weighted by Gasteiger charge is 2.38. The third-order valence-corrected chi connectivity index (χ3v) is 6.69. The van der Waals surface area contributed by atoms with Crippen molar-refractivity contribution in [3.05, 3.63) is 70.8 Å². The first kappa shape index (κ1) is 36.7. The average molecular weight is 628 g/mol. The maximum Gasteiger partial charge on any atom is 0.408 e. The molecule has 44 heavy (non-hydrogen) atoms. The summed E-state index contributed by atoms with van der Waals surface area (Å²) in [6, 6.07) is 11.8. The van der Waals surface area contributed by atoms with Crippen LogP contribution in [0.25, 0.3) is 0 Å². The fourth-order valence-electron chi connectivity index (χ4n) is 4.75.